The Hall–Kier alpha value is -7.82. The van der Waals surface area contributed by atoms with E-state index < -0.39 is 0 Å². The van der Waals surface area contributed by atoms with Gasteiger partial charge in [0.25, 0.3) is 0 Å². The van der Waals surface area contributed by atoms with Crippen LogP contribution in [0.3, 0.4) is 0 Å². The number of nitrogens with zero attached hydrogens (tertiary/aromatic N) is 1. The SMILES string of the molecule is c1ccc(-c2cccc3c2oc2c(N(c4ccc(-c5ccc(-c6cccc7oc8ccccc8c67)cc5)cc4)c4ccc5c(c4)oc4ccccc45)cccc23)cc1. The smallest absolute Gasteiger partial charge is 0.159 e. The monoisotopic (exact) mass is 743 g/mol. The van der Waals surface area contributed by atoms with E-state index >= 15 is 0 Å². The van der Waals surface area contributed by atoms with Crippen LogP contribution in [0.2, 0.25) is 0 Å². The van der Waals surface area contributed by atoms with Crippen LogP contribution in [0.25, 0.3) is 99.2 Å². The van der Waals surface area contributed by atoms with Crippen molar-refractivity contribution in [2.45, 2.75) is 0 Å². The second-order valence-corrected chi connectivity index (χ2v) is 14.8. The molecule has 0 fully saturated rings. The molecule has 0 amide bonds. The van der Waals surface area contributed by atoms with Crippen molar-refractivity contribution in [3.8, 4) is 33.4 Å². The molecule has 272 valence electrons. The number of fused-ring (bicyclic) bond motifs is 9. The zero-order valence-electron chi connectivity index (χ0n) is 31.2. The van der Waals surface area contributed by atoms with Gasteiger partial charge in [0.1, 0.15) is 27.9 Å². The number of furan rings is 3. The molecule has 0 unspecified atom stereocenters. The highest BCUT2D eigenvalue weighted by Gasteiger charge is 2.22. The molecule has 0 saturated heterocycles. The van der Waals surface area contributed by atoms with Gasteiger partial charge >= 0.3 is 0 Å². The summed E-state index contributed by atoms with van der Waals surface area (Å²) in [4.78, 5) is 2.28. The van der Waals surface area contributed by atoms with Crippen LogP contribution < -0.4 is 4.90 Å². The molecule has 4 heteroatoms. The third kappa shape index (κ3) is 5.09. The molecule has 4 nitrogen and oxygen atoms in total. The molecule has 12 aromatic rings. The Balaban J connectivity index is 0.978. The molecule has 3 aromatic heterocycles. The molecule has 3 heterocycles. The molecule has 0 radical (unpaired) electrons. The van der Waals surface area contributed by atoms with Crippen LogP contribution in [0.4, 0.5) is 17.1 Å². The number of para-hydroxylation sites is 4. The van der Waals surface area contributed by atoms with E-state index in [9.17, 15) is 0 Å². The van der Waals surface area contributed by atoms with Crippen molar-refractivity contribution in [2.24, 2.45) is 0 Å². The van der Waals surface area contributed by atoms with Crippen LogP contribution >= 0.6 is 0 Å². The molecule has 0 bridgehead atoms. The van der Waals surface area contributed by atoms with Gasteiger partial charge < -0.3 is 18.2 Å². The van der Waals surface area contributed by atoms with Crippen molar-refractivity contribution < 1.29 is 13.3 Å². The van der Waals surface area contributed by atoms with Gasteiger partial charge in [0.05, 0.1) is 11.4 Å². The topological polar surface area (TPSA) is 42.7 Å². The molecule has 0 saturated carbocycles. The average molecular weight is 744 g/mol. The molecule has 0 aliphatic carbocycles. The third-order valence-electron chi connectivity index (χ3n) is 11.5. The lowest BCUT2D eigenvalue weighted by Crippen LogP contribution is -2.10. The largest absolute Gasteiger partial charge is 0.456 e. The lowest BCUT2D eigenvalue weighted by molar-refractivity contribution is 0.668. The number of benzene rings is 9. The quantitative estimate of drug-likeness (QED) is 0.170. The molecular weight excluding hydrogens is 711 g/mol. The molecule has 12 rings (SSSR count). The van der Waals surface area contributed by atoms with Crippen LogP contribution in [0.1, 0.15) is 0 Å². The fourth-order valence-corrected chi connectivity index (χ4v) is 8.77. The van der Waals surface area contributed by atoms with E-state index in [-0.39, 0.29) is 0 Å². The van der Waals surface area contributed by atoms with Gasteiger partial charge in [0.15, 0.2) is 5.58 Å². The molecule has 9 aromatic carbocycles. The van der Waals surface area contributed by atoms with Crippen LogP contribution in [0.15, 0.2) is 213 Å². The minimum Gasteiger partial charge on any atom is -0.456 e. The van der Waals surface area contributed by atoms with Crippen molar-refractivity contribution in [1.82, 2.24) is 0 Å². The van der Waals surface area contributed by atoms with Crippen molar-refractivity contribution >= 4 is 82.9 Å². The van der Waals surface area contributed by atoms with Gasteiger partial charge in [0.2, 0.25) is 0 Å². The van der Waals surface area contributed by atoms with E-state index in [0.717, 1.165) is 116 Å². The standard InChI is InChI=1S/C54H33NO3/c1-2-11-36(12-3-1)41-16-8-17-44-45-18-9-19-47(54(45)58-53(41)44)55(39-31-32-43-42-13-4-6-20-48(42)57-51(43)33-39)38-29-27-35(28-30-38)34-23-25-37(26-24-34)40-15-10-22-50-52(40)46-14-5-7-21-49(46)56-50/h1-33H. The van der Waals surface area contributed by atoms with Gasteiger partial charge in [-0.3, -0.25) is 0 Å². The maximum absolute atomic E-state index is 6.94. The summed E-state index contributed by atoms with van der Waals surface area (Å²) < 4.78 is 19.5. The highest BCUT2D eigenvalue weighted by molar-refractivity contribution is 6.15. The first-order valence-corrected chi connectivity index (χ1v) is 19.6. The van der Waals surface area contributed by atoms with E-state index in [4.69, 9.17) is 13.3 Å². The van der Waals surface area contributed by atoms with Crippen molar-refractivity contribution in [2.75, 3.05) is 4.90 Å². The van der Waals surface area contributed by atoms with E-state index in [2.05, 4.69) is 169 Å². The lowest BCUT2D eigenvalue weighted by atomic mass is 9.97. The molecule has 0 aliphatic heterocycles. The zero-order valence-corrected chi connectivity index (χ0v) is 31.2. The van der Waals surface area contributed by atoms with Crippen LogP contribution in [0.5, 0.6) is 0 Å². The Morgan fingerprint density at radius 3 is 1.64 bits per heavy atom. The fraction of sp³-hybridized carbons (Fsp3) is 0. The zero-order chi connectivity index (χ0) is 38.2. The average Bonchev–Trinajstić information content (AvgIpc) is 3.99. The summed E-state index contributed by atoms with van der Waals surface area (Å²) in [5.41, 5.74) is 14.9. The van der Waals surface area contributed by atoms with Gasteiger partial charge in [-0.25, -0.2) is 0 Å². The minimum atomic E-state index is 0.825. The summed E-state index contributed by atoms with van der Waals surface area (Å²) in [5.74, 6) is 0. The van der Waals surface area contributed by atoms with Gasteiger partial charge in [-0.15, -0.1) is 0 Å². The van der Waals surface area contributed by atoms with Crippen LogP contribution in [-0.4, -0.2) is 0 Å². The van der Waals surface area contributed by atoms with E-state index in [1.54, 1.807) is 0 Å². The van der Waals surface area contributed by atoms with E-state index in [1.807, 2.05) is 36.4 Å². The number of hydrogen-bond donors (Lipinski definition) is 0. The Kier molecular flexibility index (Phi) is 7.20. The van der Waals surface area contributed by atoms with Gasteiger partial charge in [-0.2, -0.15) is 0 Å². The first-order valence-electron chi connectivity index (χ1n) is 19.6. The van der Waals surface area contributed by atoms with Gasteiger partial charge in [-0.1, -0.05) is 146 Å². The molecule has 0 atom stereocenters. The second-order valence-electron chi connectivity index (χ2n) is 14.8. The second kappa shape index (κ2) is 12.9. The van der Waals surface area contributed by atoms with Crippen molar-refractivity contribution in [3.05, 3.63) is 200 Å². The lowest BCUT2D eigenvalue weighted by Gasteiger charge is -2.25. The van der Waals surface area contributed by atoms with Crippen LogP contribution in [0, 0.1) is 0 Å². The van der Waals surface area contributed by atoms with E-state index in [1.165, 1.54) is 0 Å². The van der Waals surface area contributed by atoms with Gasteiger partial charge in [0, 0.05) is 49.6 Å². The molecule has 0 spiro atoms. The molecule has 58 heavy (non-hydrogen) atoms. The fourth-order valence-electron chi connectivity index (χ4n) is 8.77. The summed E-state index contributed by atoms with van der Waals surface area (Å²) in [6.45, 7) is 0. The van der Waals surface area contributed by atoms with Crippen molar-refractivity contribution in [1.29, 1.82) is 0 Å². The summed E-state index contributed by atoms with van der Waals surface area (Å²) in [5, 5.41) is 6.62. The molecular formula is C54H33NO3. The predicted octanol–water partition coefficient (Wildman–Crippen LogP) is 15.9. The highest BCUT2D eigenvalue weighted by Crippen LogP contribution is 2.45. The Labute approximate surface area is 333 Å². The maximum atomic E-state index is 6.94. The predicted molar refractivity (Wildman–Crippen MR) is 239 cm³/mol. The Morgan fingerprint density at radius 2 is 0.828 bits per heavy atom. The normalized spacial score (nSPS) is 11.8. The number of anilines is 3. The summed E-state index contributed by atoms with van der Waals surface area (Å²) in [7, 11) is 0. The van der Waals surface area contributed by atoms with Gasteiger partial charge in [-0.05, 0) is 76.3 Å². The summed E-state index contributed by atoms with van der Waals surface area (Å²) >= 11 is 0. The minimum absolute atomic E-state index is 0.825. The molecule has 0 N–H and O–H groups in total. The Bertz CT molecular complexity index is 3500. The number of hydrogen-bond acceptors (Lipinski definition) is 4. The first-order chi connectivity index (χ1) is 28.7. The van der Waals surface area contributed by atoms with E-state index in [0.29, 0.717) is 0 Å². The highest BCUT2D eigenvalue weighted by atomic mass is 16.3. The first kappa shape index (κ1) is 32.4. The Morgan fingerprint density at radius 1 is 0.293 bits per heavy atom. The third-order valence-corrected chi connectivity index (χ3v) is 11.5. The maximum Gasteiger partial charge on any atom is 0.159 e. The summed E-state index contributed by atoms with van der Waals surface area (Å²) in [6.07, 6.45) is 0. The summed E-state index contributed by atoms with van der Waals surface area (Å²) in [6, 6.07) is 70.1. The van der Waals surface area contributed by atoms with Crippen molar-refractivity contribution in [3.63, 3.8) is 0 Å². The van der Waals surface area contributed by atoms with Crippen LogP contribution in [-0.2, 0) is 0 Å². The number of rotatable bonds is 6. The molecule has 0 aliphatic rings.